The van der Waals surface area contributed by atoms with Crippen molar-refractivity contribution in [2.75, 3.05) is 20.3 Å². The largest absolute Gasteiger partial charge is 0.471 e. The zero-order valence-corrected chi connectivity index (χ0v) is 16.8. The Hall–Kier alpha value is -2.20. The second kappa shape index (κ2) is 6.16. The SMILES string of the molecule is CO.C[C@@H]1O[C@H]2C3=C4C(=CO[C@H](O)[C@@]45[C@@H](O)[C@@H]1C1=CCOC(=O)[C@]12[C@@H]5C)C(=O)OC3. The van der Waals surface area contributed by atoms with Gasteiger partial charge in [-0.1, -0.05) is 6.92 Å². The Morgan fingerprint density at radius 3 is 2.60 bits per heavy atom. The quantitative estimate of drug-likeness (QED) is 0.353. The first kappa shape index (κ1) is 19.7. The molecule has 0 aromatic carbocycles. The molecule has 0 radical (unpaired) electrons. The van der Waals surface area contributed by atoms with Crippen molar-refractivity contribution in [3.05, 3.63) is 34.6 Å². The standard InChI is InChI=1S/C20H20O8.CH4O/c1-7-12-11-3-4-25-17(23)19(11)8(2)20(14(12)21)13-9(15(19)28-7)5-26-16(22)10(13)6-27-18(20)24;1-2/h3,6-8,12,14-15,18,21,24H,4-5H2,1-2H3;2H,1H3/t7-,8-,12-,14-,15-,18-,19+,20+;/m0./s1. The first-order valence-electron chi connectivity index (χ1n) is 9.98. The minimum atomic E-state index is -1.42. The van der Waals surface area contributed by atoms with Crippen LogP contribution < -0.4 is 0 Å². The molecule has 0 aromatic rings. The molecule has 2 aliphatic carbocycles. The van der Waals surface area contributed by atoms with Crippen molar-refractivity contribution < 1.29 is 43.9 Å². The van der Waals surface area contributed by atoms with Crippen LogP contribution in [-0.4, -0.2) is 72.2 Å². The fourth-order valence-corrected chi connectivity index (χ4v) is 6.80. The molecule has 9 nitrogen and oxygen atoms in total. The molecule has 4 heterocycles. The van der Waals surface area contributed by atoms with Gasteiger partial charge in [-0.15, -0.1) is 0 Å². The number of hydrogen-bond acceptors (Lipinski definition) is 9. The van der Waals surface area contributed by atoms with E-state index in [9.17, 15) is 19.8 Å². The maximum absolute atomic E-state index is 13.3. The lowest BCUT2D eigenvalue weighted by molar-refractivity contribution is -0.285. The van der Waals surface area contributed by atoms with E-state index in [4.69, 9.17) is 24.1 Å². The number of aliphatic hydroxyl groups is 3. The summed E-state index contributed by atoms with van der Waals surface area (Å²) in [6.45, 7) is 3.72. The summed E-state index contributed by atoms with van der Waals surface area (Å²) >= 11 is 0. The monoisotopic (exact) mass is 420 g/mol. The number of ether oxygens (including phenoxy) is 4. The molecule has 4 aliphatic heterocycles. The van der Waals surface area contributed by atoms with Crippen molar-refractivity contribution in [1.29, 1.82) is 0 Å². The molecule has 9 heteroatoms. The minimum Gasteiger partial charge on any atom is -0.471 e. The molecule has 0 aromatic heterocycles. The van der Waals surface area contributed by atoms with Gasteiger partial charge < -0.3 is 34.3 Å². The van der Waals surface area contributed by atoms with Crippen LogP contribution >= 0.6 is 0 Å². The van der Waals surface area contributed by atoms with Crippen LogP contribution in [-0.2, 0) is 28.5 Å². The van der Waals surface area contributed by atoms with Crippen molar-refractivity contribution >= 4 is 11.9 Å². The van der Waals surface area contributed by atoms with E-state index < -0.39 is 59.2 Å². The number of carbonyl (C=O) groups excluding carboxylic acids is 2. The molecule has 3 bridgehead atoms. The molecule has 6 rings (SSSR count). The molecule has 3 N–H and O–H groups in total. The summed E-state index contributed by atoms with van der Waals surface area (Å²) < 4.78 is 22.6. The van der Waals surface area contributed by atoms with E-state index in [1.807, 2.05) is 13.0 Å². The lowest BCUT2D eigenvalue weighted by atomic mass is 9.38. The van der Waals surface area contributed by atoms with Crippen molar-refractivity contribution in [3.8, 4) is 0 Å². The van der Waals surface area contributed by atoms with E-state index in [0.717, 1.165) is 12.7 Å². The van der Waals surface area contributed by atoms with Gasteiger partial charge in [0, 0.05) is 18.6 Å². The van der Waals surface area contributed by atoms with Crippen molar-refractivity contribution in [3.63, 3.8) is 0 Å². The van der Waals surface area contributed by atoms with E-state index in [0.29, 0.717) is 11.1 Å². The molecule has 0 amide bonds. The van der Waals surface area contributed by atoms with E-state index in [-0.39, 0.29) is 18.8 Å². The molecule has 6 aliphatic rings. The van der Waals surface area contributed by atoms with Gasteiger partial charge in [-0.25, -0.2) is 4.79 Å². The van der Waals surface area contributed by atoms with Crippen LogP contribution in [0.15, 0.2) is 34.6 Å². The van der Waals surface area contributed by atoms with Gasteiger partial charge in [0.05, 0.1) is 23.2 Å². The summed E-state index contributed by atoms with van der Waals surface area (Å²) in [5.74, 6) is -2.15. The third-order valence-electron chi connectivity index (χ3n) is 7.83. The van der Waals surface area contributed by atoms with Crippen LogP contribution in [0.1, 0.15) is 13.8 Å². The van der Waals surface area contributed by atoms with Gasteiger partial charge in [0.2, 0.25) is 6.29 Å². The number of esters is 2. The summed E-state index contributed by atoms with van der Waals surface area (Å²) in [5, 5.41) is 29.7. The van der Waals surface area contributed by atoms with Crippen LogP contribution in [0.2, 0.25) is 0 Å². The highest BCUT2D eigenvalue weighted by Crippen LogP contribution is 2.72. The molecule has 2 fully saturated rings. The van der Waals surface area contributed by atoms with Crippen molar-refractivity contribution in [1.82, 2.24) is 0 Å². The zero-order valence-electron chi connectivity index (χ0n) is 16.8. The predicted molar refractivity (Wildman–Crippen MR) is 98.2 cm³/mol. The molecule has 0 unspecified atom stereocenters. The number of cyclic esters (lactones) is 2. The topological polar surface area (TPSA) is 132 Å². The highest BCUT2D eigenvalue weighted by Gasteiger charge is 2.79. The highest BCUT2D eigenvalue weighted by molar-refractivity contribution is 5.97. The summed E-state index contributed by atoms with van der Waals surface area (Å²) in [6, 6.07) is 0. The first-order valence-corrected chi connectivity index (χ1v) is 9.98. The van der Waals surface area contributed by atoms with E-state index in [2.05, 4.69) is 0 Å². The number of aliphatic hydroxyl groups excluding tert-OH is 3. The number of carbonyl (C=O) groups is 2. The van der Waals surface area contributed by atoms with Gasteiger partial charge in [0.15, 0.2) is 0 Å². The lowest BCUT2D eigenvalue weighted by Gasteiger charge is -2.69. The third kappa shape index (κ3) is 1.80. The van der Waals surface area contributed by atoms with Crippen LogP contribution in [0.3, 0.4) is 0 Å². The molecule has 30 heavy (non-hydrogen) atoms. The second-order valence-electron chi connectivity index (χ2n) is 8.47. The van der Waals surface area contributed by atoms with E-state index in [1.54, 1.807) is 6.92 Å². The Bertz CT molecular complexity index is 933. The molecular formula is C21H24O9. The van der Waals surface area contributed by atoms with Crippen molar-refractivity contribution in [2.45, 2.75) is 38.4 Å². The Morgan fingerprint density at radius 1 is 1.13 bits per heavy atom. The molecule has 1 saturated carbocycles. The van der Waals surface area contributed by atoms with Gasteiger partial charge in [-0.2, -0.15) is 0 Å². The van der Waals surface area contributed by atoms with Gasteiger partial charge in [-0.05, 0) is 30.1 Å². The first-order chi connectivity index (χ1) is 14.4. The summed E-state index contributed by atoms with van der Waals surface area (Å²) in [7, 11) is 1.00. The Labute approximate surface area is 172 Å². The van der Waals surface area contributed by atoms with Gasteiger partial charge in [-0.3, -0.25) is 4.79 Å². The van der Waals surface area contributed by atoms with Crippen LogP contribution in [0.4, 0.5) is 0 Å². The van der Waals surface area contributed by atoms with Crippen LogP contribution in [0.5, 0.6) is 0 Å². The number of rotatable bonds is 0. The van der Waals surface area contributed by atoms with Crippen LogP contribution in [0.25, 0.3) is 0 Å². The maximum Gasteiger partial charge on any atom is 0.341 e. The van der Waals surface area contributed by atoms with Gasteiger partial charge >= 0.3 is 11.9 Å². The average Bonchev–Trinajstić information content (AvgIpc) is 2.73. The van der Waals surface area contributed by atoms with Crippen molar-refractivity contribution in [2.24, 2.45) is 22.7 Å². The zero-order chi connectivity index (χ0) is 21.6. The van der Waals surface area contributed by atoms with Gasteiger partial charge in [0.1, 0.15) is 31.0 Å². The third-order valence-corrected chi connectivity index (χ3v) is 7.83. The maximum atomic E-state index is 13.3. The average molecular weight is 420 g/mol. The molecular weight excluding hydrogens is 396 g/mol. The Balaban J connectivity index is 0.000000937. The Kier molecular flexibility index (Phi) is 4.06. The van der Waals surface area contributed by atoms with E-state index >= 15 is 0 Å². The highest BCUT2D eigenvalue weighted by atomic mass is 16.6. The molecule has 2 spiro atoms. The normalized spacial score (nSPS) is 47.4. The summed E-state index contributed by atoms with van der Waals surface area (Å²) in [4.78, 5) is 25.7. The fourth-order valence-electron chi connectivity index (χ4n) is 6.80. The fraction of sp³-hybridized carbons (Fsp3) is 0.619. The second-order valence-corrected chi connectivity index (χ2v) is 8.47. The summed E-state index contributed by atoms with van der Waals surface area (Å²) in [6.07, 6.45) is -0.574. The molecule has 162 valence electrons. The van der Waals surface area contributed by atoms with E-state index in [1.165, 1.54) is 6.26 Å². The number of fused-ring (bicyclic) bond motifs is 1. The minimum absolute atomic E-state index is 0.0657. The smallest absolute Gasteiger partial charge is 0.341 e. The lowest BCUT2D eigenvalue weighted by Crippen LogP contribution is -2.77. The summed E-state index contributed by atoms with van der Waals surface area (Å²) in [5.41, 5.74) is -0.473. The Morgan fingerprint density at radius 2 is 1.87 bits per heavy atom. The molecule has 8 atom stereocenters. The van der Waals surface area contributed by atoms with Gasteiger partial charge in [0.25, 0.3) is 0 Å². The van der Waals surface area contributed by atoms with Crippen LogP contribution in [0, 0.1) is 22.7 Å². The number of hydrogen-bond donors (Lipinski definition) is 3. The predicted octanol–water partition coefficient (Wildman–Crippen LogP) is -0.435. The molecule has 1 saturated heterocycles.